The number of pyridine rings is 1. The fourth-order valence-corrected chi connectivity index (χ4v) is 2.32. The molecule has 2 rings (SSSR count). The third-order valence-electron chi connectivity index (χ3n) is 3.45. The number of likely N-dealkylation sites (N-methyl/N-ethyl adjacent to an activating group) is 1. The van der Waals surface area contributed by atoms with E-state index in [0.29, 0.717) is 13.1 Å². The van der Waals surface area contributed by atoms with E-state index in [1.165, 1.54) is 13.2 Å². The van der Waals surface area contributed by atoms with Crippen LogP contribution < -0.4 is 10.5 Å². The fraction of sp³-hybridized carbons (Fsp3) is 0.312. The molecule has 0 aliphatic rings. The lowest BCUT2D eigenvalue weighted by atomic mass is 10.0. The Hall–Kier alpha value is -1.98. The Balaban J connectivity index is 2.16. The Labute approximate surface area is 124 Å². The van der Waals surface area contributed by atoms with E-state index in [4.69, 9.17) is 10.5 Å². The molecule has 1 unspecified atom stereocenters. The van der Waals surface area contributed by atoms with Gasteiger partial charge in [-0.2, -0.15) is 0 Å². The third kappa shape index (κ3) is 3.77. The summed E-state index contributed by atoms with van der Waals surface area (Å²) in [4.78, 5) is 6.36. The Morgan fingerprint density at radius 2 is 2.14 bits per heavy atom. The van der Waals surface area contributed by atoms with Crippen LogP contribution in [0.5, 0.6) is 5.75 Å². The molecule has 0 spiro atoms. The number of halogens is 1. The van der Waals surface area contributed by atoms with Crippen LogP contribution in [0.15, 0.2) is 42.6 Å². The zero-order chi connectivity index (χ0) is 15.2. The van der Waals surface area contributed by atoms with Crippen molar-refractivity contribution in [1.29, 1.82) is 0 Å². The van der Waals surface area contributed by atoms with Crippen molar-refractivity contribution in [1.82, 2.24) is 9.88 Å². The van der Waals surface area contributed by atoms with Crippen molar-refractivity contribution < 1.29 is 9.13 Å². The van der Waals surface area contributed by atoms with Gasteiger partial charge >= 0.3 is 0 Å². The summed E-state index contributed by atoms with van der Waals surface area (Å²) in [7, 11) is 3.40. The molecule has 0 bridgehead atoms. The Morgan fingerprint density at radius 1 is 1.33 bits per heavy atom. The van der Waals surface area contributed by atoms with Crippen LogP contribution in [0.1, 0.15) is 17.3 Å². The van der Waals surface area contributed by atoms with E-state index < -0.39 is 0 Å². The van der Waals surface area contributed by atoms with Gasteiger partial charge < -0.3 is 10.5 Å². The maximum Gasteiger partial charge on any atom is 0.165 e. The third-order valence-corrected chi connectivity index (χ3v) is 3.45. The molecule has 5 heteroatoms. The van der Waals surface area contributed by atoms with Gasteiger partial charge in [-0.05, 0) is 36.9 Å². The van der Waals surface area contributed by atoms with E-state index in [0.717, 1.165) is 11.3 Å². The molecule has 1 atom stereocenters. The standard InChI is InChI=1S/C16H20FN3O/c1-20(11-13-5-3-4-8-19-13)15(10-18)12-6-7-16(21-2)14(17)9-12/h3-9,15H,10-11,18H2,1-2H3. The molecule has 1 aromatic carbocycles. The van der Waals surface area contributed by atoms with Crippen molar-refractivity contribution in [3.63, 3.8) is 0 Å². The molecule has 0 fully saturated rings. The van der Waals surface area contributed by atoms with Crippen LogP contribution in [0, 0.1) is 5.82 Å². The number of benzene rings is 1. The normalized spacial score (nSPS) is 12.4. The van der Waals surface area contributed by atoms with Gasteiger partial charge in [0.1, 0.15) is 0 Å². The first kappa shape index (κ1) is 15.4. The van der Waals surface area contributed by atoms with Crippen molar-refractivity contribution in [2.45, 2.75) is 12.6 Å². The summed E-state index contributed by atoms with van der Waals surface area (Å²) in [6, 6.07) is 10.6. The summed E-state index contributed by atoms with van der Waals surface area (Å²) in [5.74, 6) is -0.137. The average molecular weight is 289 g/mol. The molecule has 2 N–H and O–H groups in total. The topological polar surface area (TPSA) is 51.4 Å². The first-order chi connectivity index (χ1) is 10.2. The molecule has 2 aromatic rings. The first-order valence-electron chi connectivity index (χ1n) is 6.79. The van der Waals surface area contributed by atoms with E-state index in [-0.39, 0.29) is 17.6 Å². The highest BCUT2D eigenvalue weighted by atomic mass is 19.1. The average Bonchev–Trinajstić information content (AvgIpc) is 2.49. The number of nitrogens with zero attached hydrogens (tertiary/aromatic N) is 2. The largest absolute Gasteiger partial charge is 0.494 e. The maximum absolute atomic E-state index is 13.8. The van der Waals surface area contributed by atoms with Crippen LogP contribution in [-0.2, 0) is 6.54 Å². The molecule has 1 aromatic heterocycles. The van der Waals surface area contributed by atoms with Gasteiger partial charge in [-0.1, -0.05) is 12.1 Å². The summed E-state index contributed by atoms with van der Waals surface area (Å²) in [6.07, 6.45) is 1.76. The lowest BCUT2D eigenvalue weighted by Gasteiger charge is -2.27. The van der Waals surface area contributed by atoms with Crippen molar-refractivity contribution in [3.8, 4) is 5.75 Å². The number of hydrogen-bond acceptors (Lipinski definition) is 4. The molecular weight excluding hydrogens is 269 g/mol. The van der Waals surface area contributed by atoms with Gasteiger partial charge in [0, 0.05) is 25.3 Å². The van der Waals surface area contributed by atoms with Gasteiger partial charge in [-0.3, -0.25) is 9.88 Å². The zero-order valence-corrected chi connectivity index (χ0v) is 12.3. The summed E-state index contributed by atoms with van der Waals surface area (Å²) in [5, 5.41) is 0. The van der Waals surface area contributed by atoms with Crippen LogP contribution in [0.25, 0.3) is 0 Å². The second-order valence-corrected chi connectivity index (χ2v) is 4.88. The van der Waals surface area contributed by atoms with E-state index in [2.05, 4.69) is 9.88 Å². The van der Waals surface area contributed by atoms with Gasteiger partial charge in [0.15, 0.2) is 11.6 Å². The first-order valence-corrected chi connectivity index (χ1v) is 6.79. The van der Waals surface area contributed by atoms with Crippen molar-refractivity contribution in [2.24, 2.45) is 5.73 Å². The van der Waals surface area contributed by atoms with Gasteiger partial charge in [-0.25, -0.2) is 4.39 Å². The van der Waals surface area contributed by atoms with Crippen molar-refractivity contribution in [3.05, 3.63) is 59.7 Å². The molecule has 0 aliphatic carbocycles. The van der Waals surface area contributed by atoms with Crippen molar-refractivity contribution in [2.75, 3.05) is 20.7 Å². The molecule has 21 heavy (non-hydrogen) atoms. The molecule has 112 valence electrons. The smallest absolute Gasteiger partial charge is 0.165 e. The Morgan fingerprint density at radius 3 is 2.71 bits per heavy atom. The second-order valence-electron chi connectivity index (χ2n) is 4.88. The van der Waals surface area contributed by atoms with E-state index in [1.807, 2.05) is 31.3 Å². The minimum absolute atomic E-state index is 0.0765. The number of nitrogens with two attached hydrogens (primary N) is 1. The Bertz CT molecular complexity index is 577. The van der Waals surface area contributed by atoms with Gasteiger partial charge in [0.05, 0.1) is 12.8 Å². The maximum atomic E-state index is 13.8. The summed E-state index contributed by atoms with van der Waals surface area (Å²) in [6.45, 7) is 1.05. The van der Waals surface area contributed by atoms with E-state index >= 15 is 0 Å². The molecule has 1 heterocycles. The molecule has 0 aliphatic heterocycles. The van der Waals surface area contributed by atoms with Crippen LogP contribution in [0.3, 0.4) is 0 Å². The quantitative estimate of drug-likeness (QED) is 0.887. The second kappa shape index (κ2) is 7.15. The lowest BCUT2D eigenvalue weighted by Crippen LogP contribution is -2.30. The summed E-state index contributed by atoms with van der Waals surface area (Å²) < 4.78 is 18.8. The van der Waals surface area contributed by atoms with Crippen LogP contribution in [-0.4, -0.2) is 30.6 Å². The van der Waals surface area contributed by atoms with Crippen molar-refractivity contribution >= 4 is 0 Å². The lowest BCUT2D eigenvalue weighted by molar-refractivity contribution is 0.238. The molecule has 4 nitrogen and oxygen atoms in total. The Kier molecular flexibility index (Phi) is 5.25. The fourth-order valence-electron chi connectivity index (χ4n) is 2.32. The number of aromatic nitrogens is 1. The summed E-state index contributed by atoms with van der Waals surface area (Å²) >= 11 is 0. The van der Waals surface area contributed by atoms with Gasteiger partial charge in [-0.15, -0.1) is 0 Å². The van der Waals surface area contributed by atoms with Gasteiger partial charge in [0.2, 0.25) is 0 Å². The highest BCUT2D eigenvalue weighted by molar-refractivity contribution is 5.31. The predicted octanol–water partition coefficient (Wildman–Crippen LogP) is 2.36. The number of ether oxygens (including phenoxy) is 1. The van der Waals surface area contributed by atoms with Crippen LogP contribution in [0.4, 0.5) is 4.39 Å². The SMILES string of the molecule is COc1ccc(C(CN)N(C)Cc2ccccn2)cc1F. The minimum atomic E-state index is -0.375. The zero-order valence-electron chi connectivity index (χ0n) is 12.3. The summed E-state index contributed by atoms with van der Waals surface area (Å²) in [5.41, 5.74) is 7.64. The molecule has 0 saturated heterocycles. The number of methoxy groups -OCH3 is 1. The number of hydrogen-bond donors (Lipinski definition) is 1. The minimum Gasteiger partial charge on any atom is -0.494 e. The molecule has 0 saturated carbocycles. The highest BCUT2D eigenvalue weighted by Gasteiger charge is 2.17. The monoisotopic (exact) mass is 289 g/mol. The molecule has 0 amide bonds. The molecule has 0 radical (unpaired) electrons. The van der Waals surface area contributed by atoms with E-state index in [9.17, 15) is 4.39 Å². The van der Waals surface area contributed by atoms with Crippen LogP contribution in [0.2, 0.25) is 0 Å². The number of rotatable bonds is 6. The van der Waals surface area contributed by atoms with Crippen LogP contribution >= 0.6 is 0 Å². The van der Waals surface area contributed by atoms with Gasteiger partial charge in [0.25, 0.3) is 0 Å². The molecular formula is C16H20FN3O. The predicted molar refractivity (Wildman–Crippen MR) is 80.5 cm³/mol. The highest BCUT2D eigenvalue weighted by Crippen LogP contribution is 2.25. The van der Waals surface area contributed by atoms with E-state index in [1.54, 1.807) is 12.3 Å².